The highest BCUT2D eigenvalue weighted by Crippen LogP contribution is 2.39. The van der Waals surface area contributed by atoms with Gasteiger partial charge in [0, 0.05) is 39.6 Å². The Labute approximate surface area is 333 Å². The second kappa shape index (κ2) is 14.7. The molecular weight excluding hydrogens is 691 g/mol. The highest BCUT2D eigenvalue weighted by atomic mass is 15.0. The largest absolute Gasteiger partial charge is 0.309 e. The van der Waals surface area contributed by atoms with Gasteiger partial charge in [0.1, 0.15) is 0 Å². The number of para-hydroxylation sites is 2. The maximum Gasteiger partial charge on any atom is 0.0751 e. The number of aliphatic imine (C=N–C) groups is 2. The van der Waals surface area contributed by atoms with E-state index in [0.29, 0.717) is 6.54 Å². The number of allylic oxidation sites excluding steroid dienone is 1. The lowest BCUT2D eigenvalue weighted by atomic mass is 9.96. The predicted octanol–water partition coefficient (Wildman–Crippen LogP) is 13.4. The molecule has 10 rings (SSSR count). The zero-order valence-electron chi connectivity index (χ0n) is 31.5. The Morgan fingerprint density at radius 2 is 1.09 bits per heavy atom. The van der Waals surface area contributed by atoms with E-state index in [4.69, 9.17) is 9.98 Å². The molecule has 0 N–H and O–H groups in total. The zero-order chi connectivity index (χ0) is 38.1. The van der Waals surface area contributed by atoms with Crippen LogP contribution in [0.15, 0.2) is 216 Å². The monoisotopic (exact) mass is 729 g/mol. The van der Waals surface area contributed by atoms with Crippen molar-refractivity contribution in [1.29, 1.82) is 0 Å². The van der Waals surface area contributed by atoms with E-state index >= 15 is 0 Å². The van der Waals surface area contributed by atoms with Crippen molar-refractivity contribution in [2.75, 3.05) is 0 Å². The fourth-order valence-corrected chi connectivity index (χ4v) is 8.44. The quantitative estimate of drug-likeness (QED) is 0.139. The molecular formula is C54H39N3. The Hall–Kier alpha value is -7.36. The lowest BCUT2D eigenvalue weighted by Gasteiger charge is -2.11. The average molecular weight is 730 g/mol. The molecule has 270 valence electrons. The molecule has 3 heteroatoms. The van der Waals surface area contributed by atoms with Crippen LogP contribution < -0.4 is 0 Å². The maximum atomic E-state index is 5.29. The third-order valence-electron chi connectivity index (χ3n) is 11.2. The Kier molecular flexibility index (Phi) is 8.81. The minimum Gasteiger partial charge on any atom is -0.309 e. The van der Waals surface area contributed by atoms with Crippen molar-refractivity contribution in [1.82, 2.24) is 4.57 Å². The van der Waals surface area contributed by atoms with Gasteiger partial charge in [0.2, 0.25) is 0 Å². The molecule has 0 unspecified atom stereocenters. The molecule has 9 aromatic rings. The standard InChI is InChI=1S/C54H39N3/c1-55-53(44-22-14-19-39(32-44)38-17-7-3-8-18-38)50-34-45-33-42(27-29-47(45)54(50)56-36-37-15-5-2-6-16-37)40-20-13-21-41(31-40)43-28-30-49-48-25-11-12-26-51(48)57(52(49)35-43)46-23-9-4-10-24-46/h2-33,35H,1,34,36H2/b53-50-,56-54?. The number of fused-ring (bicyclic) bond motifs is 4. The fourth-order valence-electron chi connectivity index (χ4n) is 8.44. The van der Waals surface area contributed by atoms with Gasteiger partial charge in [0.15, 0.2) is 0 Å². The van der Waals surface area contributed by atoms with Gasteiger partial charge in [-0.15, -0.1) is 0 Å². The van der Waals surface area contributed by atoms with Gasteiger partial charge in [-0.05, 0) is 87.6 Å². The van der Waals surface area contributed by atoms with E-state index in [-0.39, 0.29) is 0 Å². The van der Waals surface area contributed by atoms with Crippen molar-refractivity contribution in [2.45, 2.75) is 13.0 Å². The van der Waals surface area contributed by atoms with Crippen molar-refractivity contribution in [2.24, 2.45) is 9.98 Å². The molecule has 0 aliphatic heterocycles. The summed E-state index contributed by atoms with van der Waals surface area (Å²) in [6.07, 6.45) is 0.723. The van der Waals surface area contributed by atoms with Gasteiger partial charge >= 0.3 is 0 Å². The second-order valence-corrected chi connectivity index (χ2v) is 14.6. The Morgan fingerprint density at radius 3 is 1.86 bits per heavy atom. The number of nitrogens with zero attached hydrogens (tertiary/aromatic N) is 3. The van der Waals surface area contributed by atoms with Gasteiger partial charge in [-0.2, -0.15) is 0 Å². The Balaban J connectivity index is 1.05. The number of aromatic nitrogens is 1. The second-order valence-electron chi connectivity index (χ2n) is 14.6. The van der Waals surface area contributed by atoms with Crippen LogP contribution in [0.2, 0.25) is 0 Å². The summed E-state index contributed by atoms with van der Waals surface area (Å²) in [6, 6.07) is 71.5. The summed E-state index contributed by atoms with van der Waals surface area (Å²) in [6.45, 7) is 4.68. The molecule has 0 amide bonds. The van der Waals surface area contributed by atoms with Gasteiger partial charge in [-0.3, -0.25) is 9.98 Å². The predicted molar refractivity (Wildman–Crippen MR) is 240 cm³/mol. The first-order valence-corrected chi connectivity index (χ1v) is 19.5. The molecule has 1 aromatic heterocycles. The summed E-state index contributed by atoms with van der Waals surface area (Å²) in [5, 5.41) is 2.51. The molecule has 57 heavy (non-hydrogen) atoms. The van der Waals surface area contributed by atoms with Gasteiger partial charge in [0.25, 0.3) is 0 Å². The van der Waals surface area contributed by atoms with E-state index in [1.165, 1.54) is 60.8 Å². The van der Waals surface area contributed by atoms with E-state index in [1.54, 1.807) is 0 Å². The minimum atomic E-state index is 0.588. The van der Waals surface area contributed by atoms with Crippen LogP contribution in [-0.4, -0.2) is 17.0 Å². The van der Waals surface area contributed by atoms with Gasteiger partial charge < -0.3 is 4.57 Å². The zero-order valence-corrected chi connectivity index (χ0v) is 31.5. The maximum absolute atomic E-state index is 5.29. The first-order valence-electron chi connectivity index (χ1n) is 19.5. The molecule has 0 fully saturated rings. The molecule has 1 heterocycles. The first-order chi connectivity index (χ1) is 28.2. The van der Waals surface area contributed by atoms with Crippen LogP contribution in [0.1, 0.15) is 22.3 Å². The van der Waals surface area contributed by atoms with Crippen LogP contribution in [0.3, 0.4) is 0 Å². The normalized spacial score (nSPS) is 13.9. The summed E-state index contributed by atoms with van der Waals surface area (Å²) in [4.78, 5) is 9.98. The summed E-state index contributed by atoms with van der Waals surface area (Å²) in [7, 11) is 0. The van der Waals surface area contributed by atoms with E-state index in [9.17, 15) is 0 Å². The van der Waals surface area contributed by atoms with Crippen molar-refractivity contribution in [3.05, 3.63) is 228 Å². The summed E-state index contributed by atoms with van der Waals surface area (Å²) >= 11 is 0. The molecule has 0 radical (unpaired) electrons. The van der Waals surface area contributed by atoms with Crippen molar-refractivity contribution < 1.29 is 0 Å². The number of hydrogen-bond acceptors (Lipinski definition) is 2. The molecule has 0 saturated heterocycles. The van der Waals surface area contributed by atoms with Crippen LogP contribution in [0.5, 0.6) is 0 Å². The Bertz CT molecular complexity index is 3010. The molecule has 0 spiro atoms. The summed E-state index contributed by atoms with van der Waals surface area (Å²) in [5.74, 6) is 0. The van der Waals surface area contributed by atoms with Crippen LogP contribution >= 0.6 is 0 Å². The molecule has 1 aliphatic rings. The van der Waals surface area contributed by atoms with E-state index in [1.807, 2.05) is 12.1 Å². The number of hydrogen-bond donors (Lipinski definition) is 0. The highest BCUT2D eigenvalue weighted by Gasteiger charge is 2.27. The molecule has 1 aliphatic carbocycles. The fraction of sp³-hybridized carbons (Fsp3) is 0.0370. The topological polar surface area (TPSA) is 29.6 Å². The Morgan fingerprint density at radius 1 is 0.491 bits per heavy atom. The molecule has 0 atom stereocenters. The smallest absolute Gasteiger partial charge is 0.0751 e. The van der Waals surface area contributed by atoms with Crippen LogP contribution in [0.25, 0.3) is 66.6 Å². The van der Waals surface area contributed by atoms with Gasteiger partial charge in [-0.1, -0.05) is 164 Å². The van der Waals surface area contributed by atoms with Crippen molar-refractivity contribution >= 4 is 39.9 Å². The lowest BCUT2D eigenvalue weighted by Crippen LogP contribution is -2.03. The van der Waals surface area contributed by atoms with Crippen LogP contribution in [0.4, 0.5) is 0 Å². The third-order valence-corrected chi connectivity index (χ3v) is 11.2. The van der Waals surface area contributed by atoms with Gasteiger partial charge in [-0.25, -0.2) is 0 Å². The first kappa shape index (κ1) is 34.2. The summed E-state index contributed by atoms with van der Waals surface area (Å²) in [5.41, 5.74) is 18.2. The van der Waals surface area contributed by atoms with Crippen LogP contribution in [-0.2, 0) is 13.0 Å². The van der Waals surface area contributed by atoms with Crippen molar-refractivity contribution in [3.8, 4) is 39.1 Å². The third kappa shape index (κ3) is 6.39. The van der Waals surface area contributed by atoms with Crippen molar-refractivity contribution in [3.63, 3.8) is 0 Å². The van der Waals surface area contributed by atoms with E-state index < -0.39 is 0 Å². The van der Waals surface area contributed by atoms with Crippen LogP contribution in [0, 0.1) is 0 Å². The molecule has 8 aromatic carbocycles. The number of benzene rings is 8. The number of rotatable bonds is 8. The highest BCUT2D eigenvalue weighted by molar-refractivity contribution is 6.20. The molecule has 0 saturated carbocycles. The van der Waals surface area contributed by atoms with Gasteiger partial charge in [0.05, 0.1) is 29.0 Å². The minimum absolute atomic E-state index is 0.588. The van der Waals surface area contributed by atoms with E-state index in [0.717, 1.165) is 45.8 Å². The average Bonchev–Trinajstić information content (AvgIpc) is 3.81. The molecule has 0 bridgehead atoms. The van der Waals surface area contributed by atoms with E-state index in [2.05, 4.69) is 199 Å². The summed E-state index contributed by atoms with van der Waals surface area (Å²) < 4.78 is 2.38. The SMILES string of the molecule is C=N/C(=C1/Cc2cc(-c3cccc(-c4ccc5c6ccccc6n(-c6ccccc6)c5c4)c3)ccc2C1=NCc1ccccc1)c1cccc(-c2ccccc2)c1. The molecule has 3 nitrogen and oxygen atoms in total. The lowest BCUT2D eigenvalue weighted by molar-refractivity contribution is 1.07.